The molecule has 0 aliphatic carbocycles. The minimum Gasteiger partial charge on any atom is -0.481 e. The Morgan fingerprint density at radius 3 is 2.47 bits per heavy atom. The highest BCUT2D eigenvalue weighted by Gasteiger charge is 2.22. The van der Waals surface area contributed by atoms with Gasteiger partial charge < -0.3 is 15.3 Å². The molecule has 0 fully saturated rings. The first kappa shape index (κ1) is 12.2. The van der Waals surface area contributed by atoms with Gasteiger partial charge in [-0.1, -0.05) is 34.1 Å². The number of aliphatic hydroxyl groups excluding tert-OH is 2. The average Bonchev–Trinajstić information content (AvgIpc) is 2.16. The molecule has 0 radical (unpaired) electrons. The zero-order chi connectivity index (χ0) is 11.4. The first-order valence-corrected chi connectivity index (χ1v) is 5.14. The molecule has 0 bridgehead atoms. The van der Waals surface area contributed by atoms with Gasteiger partial charge in [-0.15, -0.1) is 0 Å². The molecule has 2 atom stereocenters. The van der Waals surface area contributed by atoms with Gasteiger partial charge in [0.05, 0.1) is 12.5 Å². The van der Waals surface area contributed by atoms with Crippen LogP contribution in [0.25, 0.3) is 0 Å². The lowest BCUT2D eigenvalue weighted by atomic mass is 10.0. The molecule has 1 rings (SSSR count). The largest absolute Gasteiger partial charge is 0.481 e. The van der Waals surface area contributed by atoms with Crippen molar-refractivity contribution in [2.75, 3.05) is 0 Å². The number of carboxylic acids is 1. The van der Waals surface area contributed by atoms with Crippen LogP contribution in [0.4, 0.5) is 0 Å². The van der Waals surface area contributed by atoms with E-state index >= 15 is 0 Å². The molecule has 0 aliphatic heterocycles. The fourth-order valence-electron chi connectivity index (χ4n) is 1.21. The Morgan fingerprint density at radius 2 is 1.93 bits per heavy atom. The lowest BCUT2D eigenvalue weighted by Crippen LogP contribution is -2.22. The molecule has 15 heavy (non-hydrogen) atoms. The van der Waals surface area contributed by atoms with Crippen LogP contribution in [0.2, 0.25) is 0 Å². The lowest BCUT2D eigenvalue weighted by Gasteiger charge is -2.17. The van der Waals surface area contributed by atoms with Crippen molar-refractivity contribution in [3.05, 3.63) is 34.3 Å². The monoisotopic (exact) mass is 274 g/mol. The highest BCUT2D eigenvalue weighted by molar-refractivity contribution is 9.10. The SMILES string of the molecule is O=C(O)CC(O)C(O)c1ccccc1Br. The summed E-state index contributed by atoms with van der Waals surface area (Å²) in [5.74, 6) is -1.14. The third-order valence-corrected chi connectivity index (χ3v) is 2.69. The van der Waals surface area contributed by atoms with Crippen LogP contribution in [-0.2, 0) is 4.79 Å². The second kappa shape index (κ2) is 5.25. The molecule has 0 saturated heterocycles. The Kier molecular flexibility index (Phi) is 4.26. The van der Waals surface area contributed by atoms with E-state index in [1.54, 1.807) is 24.3 Å². The number of benzene rings is 1. The first-order valence-electron chi connectivity index (χ1n) is 4.34. The maximum atomic E-state index is 10.3. The summed E-state index contributed by atoms with van der Waals surface area (Å²) in [5, 5.41) is 27.6. The number of rotatable bonds is 4. The van der Waals surface area contributed by atoms with Crippen LogP contribution in [0.1, 0.15) is 18.1 Å². The number of hydrogen-bond acceptors (Lipinski definition) is 3. The Bertz CT molecular complexity index is 353. The topological polar surface area (TPSA) is 77.8 Å². The van der Waals surface area contributed by atoms with Crippen molar-refractivity contribution < 1.29 is 20.1 Å². The molecule has 2 unspecified atom stereocenters. The van der Waals surface area contributed by atoms with Crippen molar-refractivity contribution in [3.63, 3.8) is 0 Å². The lowest BCUT2D eigenvalue weighted by molar-refractivity contribution is -0.141. The summed E-state index contributed by atoms with van der Waals surface area (Å²) >= 11 is 3.21. The summed E-state index contributed by atoms with van der Waals surface area (Å²) in [4.78, 5) is 10.3. The smallest absolute Gasteiger partial charge is 0.306 e. The molecule has 4 nitrogen and oxygen atoms in total. The van der Waals surface area contributed by atoms with Gasteiger partial charge in [-0.05, 0) is 11.6 Å². The molecule has 0 aromatic heterocycles. The molecule has 1 aromatic carbocycles. The number of halogens is 1. The number of aliphatic carboxylic acids is 1. The van der Waals surface area contributed by atoms with Gasteiger partial charge in [-0.25, -0.2) is 0 Å². The third kappa shape index (κ3) is 3.30. The Morgan fingerprint density at radius 1 is 1.33 bits per heavy atom. The van der Waals surface area contributed by atoms with Gasteiger partial charge in [0.25, 0.3) is 0 Å². The zero-order valence-electron chi connectivity index (χ0n) is 7.80. The standard InChI is InChI=1S/C10H11BrO4/c11-7-4-2-1-3-6(7)10(15)8(12)5-9(13)14/h1-4,8,10,12,15H,5H2,(H,13,14). The van der Waals surface area contributed by atoms with E-state index in [9.17, 15) is 15.0 Å². The summed E-state index contributed by atoms with van der Waals surface area (Å²) in [6.07, 6.45) is -2.99. The van der Waals surface area contributed by atoms with Gasteiger partial charge in [-0.3, -0.25) is 4.79 Å². The van der Waals surface area contributed by atoms with Crippen molar-refractivity contribution in [2.45, 2.75) is 18.6 Å². The van der Waals surface area contributed by atoms with Gasteiger partial charge in [0.2, 0.25) is 0 Å². The molecular formula is C10H11BrO4. The number of carbonyl (C=O) groups is 1. The number of hydrogen-bond donors (Lipinski definition) is 3. The third-order valence-electron chi connectivity index (χ3n) is 1.97. The van der Waals surface area contributed by atoms with Crippen LogP contribution in [0.5, 0.6) is 0 Å². The van der Waals surface area contributed by atoms with Crippen molar-refractivity contribution in [3.8, 4) is 0 Å². The number of carboxylic acid groups (broad SMARTS) is 1. The molecule has 0 spiro atoms. The second-order valence-corrected chi connectivity index (χ2v) is 3.99. The summed E-state index contributed by atoms with van der Waals surface area (Å²) in [6, 6.07) is 6.81. The minimum absolute atomic E-state index is 0.478. The first-order chi connectivity index (χ1) is 7.02. The Labute approximate surface area is 95.3 Å². The van der Waals surface area contributed by atoms with E-state index in [-0.39, 0.29) is 0 Å². The summed E-state index contributed by atoms with van der Waals surface area (Å²) in [6.45, 7) is 0. The molecule has 0 amide bonds. The van der Waals surface area contributed by atoms with E-state index in [0.29, 0.717) is 10.0 Å². The van der Waals surface area contributed by atoms with E-state index < -0.39 is 24.6 Å². The maximum absolute atomic E-state index is 10.3. The van der Waals surface area contributed by atoms with Crippen LogP contribution < -0.4 is 0 Å². The van der Waals surface area contributed by atoms with Gasteiger partial charge in [0, 0.05) is 4.47 Å². The van der Waals surface area contributed by atoms with Crippen molar-refractivity contribution >= 4 is 21.9 Å². The zero-order valence-corrected chi connectivity index (χ0v) is 9.39. The van der Waals surface area contributed by atoms with Crippen LogP contribution in [-0.4, -0.2) is 27.4 Å². The van der Waals surface area contributed by atoms with E-state index in [1.165, 1.54) is 0 Å². The fourth-order valence-corrected chi connectivity index (χ4v) is 1.73. The summed E-state index contributed by atoms with van der Waals surface area (Å²) < 4.78 is 0.641. The van der Waals surface area contributed by atoms with Crippen molar-refractivity contribution in [1.29, 1.82) is 0 Å². The van der Waals surface area contributed by atoms with Gasteiger partial charge in [-0.2, -0.15) is 0 Å². The second-order valence-electron chi connectivity index (χ2n) is 3.13. The van der Waals surface area contributed by atoms with Crippen LogP contribution >= 0.6 is 15.9 Å². The van der Waals surface area contributed by atoms with E-state index in [0.717, 1.165) is 0 Å². The highest BCUT2D eigenvalue weighted by Crippen LogP contribution is 2.26. The van der Waals surface area contributed by atoms with Gasteiger partial charge in [0.15, 0.2) is 0 Å². The van der Waals surface area contributed by atoms with Crippen LogP contribution in [0, 0.1) is 0 Å². The van der Waals surface area contributed by atoms with Crippen LogP contribution in [0.15, 0.2) is 28.7 Å². The number of aliphatic hydroxyl groups is 2. The Hall–Kier alpha value is -0.910. The fraction of sp³-hybridized carbons (Fsp3) is 0.300. The predicted molar refractivity (Wildman–Crippen MR) is 57.4 cm³/mol. The average molecular weight is 275 g/mol. The summed E-state index contributed by atoms with van der Waals surface area (Å²) in [7, 11) is 0. The van der Waals surface area contributed by atoms with Gasteiger partial charge >= 0.3 is 5.97 Å². The molecule has 0 aliphatic rings. The maximum Gasteiger partial charge on any atom is 0.306 e. The highest BCUT2D eigenvalue weighted by atomic mass is 79.9. The van der Waals surface area contributed by atoms with Crippen LogP contribution in [0.3, 0.4) is 0 Å². The quantitative estimate of drug-likeness (QED) is 0.774. The molecule has 3 N–H and O–H groups in total. The van der Waals surface area contributed by atoms with E-state index in [2.05, 4.69) is 15.9 Å². The van der Waals surface area contributed by atoms with Gasteiger partial charge in [0.1, 0.15) is 6.10 Å². The predicted octanol–water partition coefficient (Wildman–Crippen LogP) is 1.32. The van der Waals surface area contributed by atoms with E-state index in [1.807, 2.05) is 0 Å². The summed E-state index contributed by atoms with van der Waals surface area (Å²) in [5.41, 5.74) is 0.478. The molecule has 1 aromatic rings. The normalized spacial score (nSPS) is 14.6. The Balaban J connectivity index is 2.80. The molecule has 5 heteroatoms. The van der Waals surface area contributed by atoms with Crippen molar-refractivity contribution in [2.24, 2.45) is 0 Å². The molecule has 0 saturated carbocycles. The molecule has 82 valence electrons. The molecule has 0 heterocycles. The minimum atomic E-state index is -1.30. The molecular weight excluding hydrogens is 264 g/mol. The van der Waals surface area contributed by atoms with Crippen molar-refractivity contribution in [1.82, 2.24) is 0 Å². The van der Waals surface area contributed by atoms with E-state index in [4.69, 9.17) is 5.11 Å².